The van der Waals surface area contributed by atoms with Gasteiger partial charge in [-0.2, -0.15) is 0 Å². The molecule has 0 saturated carbocycles. The van der Waals surface area contributed by atoms with E-state index in [0.29, 0.717) is 0 Å². The second kappa shape index (κ2) is 4.62. The molecule has 0 atom stereocenters. The fourth-order valence-electron chi connectivity index (χ4n) is 1.32. The van der Waals surface area contributed by atoms with Gasteiger partial charge in [0.05, 0.1) is 13.2 Å². The highest BCUT2D eigenvalue weighted by molar-refractivity contribution is 5.91. The molecule has 4 nitrogen and oxygen atoms in total. The molecule has 2 amide bonds. The molecule has 0 bridgehead atoms. The van der Waals surface area contributed by atoms with Crippen molar-refractivity contribution in [2.24, 2.45) is 5.73 Å². The quantitative estimate of drug-likeness (QED) is 0.749. The lowest BCUT2D eigenvalue weighted by Gasteiger charge is -2.21. The van der Waals surface area contributed by atoms with Gasteiger partial charge in [-0.15, -0.1) is 0 Å². The van der Waals surface area contributed by atoms with Crippen LogP contribution in [0.2, 0.25) is 0 Å². The number of aliphatic hydroxyl groups excluding tert-OH is 1. The maximum atomic E-state index is 11.1. The van der Waals surface area contributed by atoms with Crippen LogP contribution in [-0.2, 0) is 0 Å². The van der Waals surface area contributed by atoms with Crippen LogP contribution < -0.4 is 10.6 Å². The van der Waals surface area contributed by atoms with Gasteiger partial charge in [0.25, 0.3) is 0 Å². The van der Waals surface area contributed by atoms with Crippen molar-refractivity contribution in [3.63, 3.8) is 0 Å². The van der Waals surface area contributed by atoms with E-state index in [4.69, 9.17) is 10.8 Å². The van der Waals surface area contributed by atoms with Crippen molar-refractivity contribution in [1.82, 2.24) is 0 Å². The average Bonchev–Trinajstić information content (AvgIpc) is 2.15. The second-order valence-electron chi connectivity index (χ2n) is 3.00. The number of nitrogens with zero attached hydrogens (tertiary/aromatic N) is 1. The molecule has 0 aliphatic carbocycles. The number of benzene rings is 1. The Labute approximate surface area is 82.9 Å². The number of nitrogens with two attached hydrogens (primary N) is 1. The predicted molar refractivity (Wildman–Crippen MR) is 55.2 cm³/mol. The summed E-state index contributed by atoms with van der Waals surface area (Å²) in [4.78, 5) is 12.4. The third-order valence-corrected chi connectivity index (χ3v) is 2.00. The molecule has 14 heavy (non-hydrogen) atoms. The number of aryl methyl sites for hydroxylation is 1. The Kier molecular flexibility index (Phi) is 3.48. The average molecular weight is 194 g/mol. The van der Waals surface area contributed by atoms with Crippen LogP contribution in [0.4, 0.5) is 10.5 Å². The number of aliphatic hydroxyl groups is 1. The van der Waals surface area contributed by atoms with Crippen molar-refractivity contribution in [3.8, 4) is 0 Å². The van der Waals surface area contributed by atoms with Gasteiger partial charge in [0.2, 0.25) is 0 Å². The van der Waals surface area contributed by atoms with E-state index in [1.165, 1.54) is 4.90 Å². The monoisotopic (exact) mass is 194 g/mol. The zero-order chi connectivity index (χ0) is 10.6. The summed E-state index contributed by atoms with van der Waals surface area (Å²) in [6.45, 7) is 2.01. The van der Waals surface area contributed by atoms with E-state index in [1.807, 2.05) is 25.1 Å². The number of carbonyl (C=O) groups is 1. The Hall–Kier alpha value is -1.55. The molecule has 0 heterocycles. The normalized spacial score (nSPS) is 9.86. The number of urea groups is 1. The number of primary amides is 1. The zero-order valence-electron chi connectivity index (χ0n) is 8.10. The largest absolute Gasteiger partial charge is 0.395 e. The SMILES string of the molecule is Cc1ccccc1N(CCO)C(N)=O. The Bertz CT molecular complexity index is 326. The van der Waals surface area contributed by atoms with Gasteiger partial charge in [-0.3, -0.25) is 4.90 Å². The van der Waals surface area contributed by atoms with Crippen molar-refractivity contribution >= 4 is 11.7 Å². The highest BCUT2D eigenvalue weighted by atomic mass is 16.3. The summed E-state index contributed by atoms with van der Waals surface area (Å²) < 4.78 is 0. The smallest absolute Gasteiger partial charge is 0.319 e. The van der Waals surface area contributed by atoms with E-state index in [9.17, 15) is 4.79 Å². The fraction of sp³-hybridized carbons (Fsp3) is 0.300. The number of amides is 2. The van der Waals surface area contributed by atoms with Gasteiger partial charge >= 0.3 is 6.03 Å². The van der Waals surface area contributed by atoms with E-state index in [0.717, 1.165) is 11.3 Å². The summed E-state index contributed by atoms with van der Waals surface area (Å²) >= 11 is 0. The first kappa shape index (κ1) is 10.5. The molecular formula is C10H14N2O2. The molecule has 4 heteroatoms. The molecule has 76 valence electrons. The summed E-state index contributed by atoms with van der Waals surface area (Å²) in [5.41, 5.74) is 6.90. The van der Waals surface area contributed by atoms with Crippen molar-refractivity contribution < 1.29 is 9.90 Å². The number of hydrogen-bond donors (Lipinski definition) is 2. The fourth-order valence-corrected chi connectivity index (χ4v) is 1.32. The summed E-state index contributed by atoms with van der Waals surface area (Å²) in [5, 5.41) is 8.79. The van der Waals surface area contributed by atoms with Crippen molar-refractivity contribution in [1.29, 1.82) is 0 Å². The van der Waals surface area contributed by atoms with Gasteiger partial charge in [-0.25, -0.2) is 4.79 Å². The molecule has 0 aliphatic heterocycles. The van der Waals surface area contributed by atoms with Crippen LogP contribution in [0.25, 0.3) is 0 Å². The van der Waals surface area contributed by atoms with E-state index in [1.54, 1.807) is 6.07 Å². The molecule has 0 unspecified atom stereocenters. The van der Waals surface area contributed by atoms with Crippen LogP contribution in [0.3, 0.4) is 0 Å². The second-order valence-corrected chi connectivity index (χ2v) is 3.00. The molecule has 3 N–H and O–H groups in total. The third-order valence-electron chi connectivity index (χ3n) is 2.00. The van der Waals surface area contributed by atoms with Crippen molar-refractivity contribution in [2.45, 2.75) is 6.92 Å². The number of hydrogen-bond acceptors (Lipinski definition) is 2. The van der Waals surface area contributed by atoms with Gasteiger partial charge in [0.1, 0.15) is 0 Å². The lowest BCUT2D eigenvalue weighted by molar-refractivity contribution is 0.249. The van der Waals surface area contributed by atoms with Gasteiger partial charge in [-0.1, -0.05) is 18.2 Å². The summed E-state index contributed by atoms with van der Waals surface area (Å²) in [6, 6.07) is 6.86. The summed E-state index contributed by atoms with van der Waals surface area (Å²) in [6.07, 6.45) is 0. The van der Waals surface area contributed by atoms with E-state index < -0.39 is 6.03 Å². The van der Waals surface area contributed by atoms with Gasteiger partial charge in [0, 0.05) is 5.69 Å². The third kappa shape index (κ3) is 2.23. The number of anilines is 1. The first-order valence-electron chi connectivity index (χ1n) is 4.40. The van der Waals surface area contributed by atoms with Gasteiger partial charge < -0.3 is 10.8 Å². The molecule has 0 radical (unpaired) electrons. The highest BCUT2D eigenvalue weighted by Crippen LogP contribution is 2.18. The van der Waals surface area contributed by atoms with E-state index >= 15 is 0 Å². The number of para-hydroxylation sites is 1. The molecule has 0 spiro atoms. The minimum Gasteiger partial charge on any atom is -0.395 e. The summed E-state index contributed by atoms with van der Waals surface area (Å²) in [7, 11) is 0. The lowest BCUT2D eigenvalue weighted by Crippen LogP contribution is -2.38. The molecule has 1 aromatic carbocycles. The van der Waals surface area contributed by atoms with E-state index in [-0.39, 0.29) is 13.2 Å². The molecule has 0 fully saturated rings. The molecule has 1 aromatic rings. The lowest BCUT2D eigenvalue weighted by atomic mass is 10.2. The van der Waals surface area contributed by atoms with Crippen LogP contribution in [0, 0.1) is 6.92 Å². The van der Waals surface area contributed by atoms with Crippen LogP contribution >= 0.6 is 0 Å². The Morgan fingerprint density at radius 3 is 2.64 bits per heavy atom. The highest BCUT2D eigenvalue weighted by Gasteiger charge is 2.12. The number of carbonyl (C=O) groups excluding carboxylic acids is 1. The van der Waals surface area contributed by atoms with Gasteiger partial charge in [0.15, 0.2) is 0 Å². The molecule has 0 aromatic heterocycles. The van der Waals surface area contributed by atoms with Crippen molar-refractivity contribution in [3.05, 3.63) is 29.8 Å². The van der Waals surface area contributed by atoms with Gasteiger partial charge in [-0.05, 0) is 18.6 Å². The standard InChI is InChI=1S/C10H14N2O2/c1-8-4-2-3-5-9(8)12(6-7-13)10(11)14/h2-5,13H,6-7H2,1H3,(H2,11,14). The maximum absolute atomic E-state index is 11.1. The van der Waals surface area contributed by atoms with E-state index in [2.05, 4.69) is 0 Å². The Balaban J connectivity index is 2.99. The molecule has 0 aliphatic rings. The minimum atomic E-state index is -0.548. The first-order valence-corrected chi connectivity index (χ1v) is 4.40. The van der Waals surface area contributed by atoms with Crippen molar-refractivity contribution in [2.75, 3.05) is 18.1 Å². The minimum absolute atomic E-state index is 0.0999. The van der Waals surface area contributed by atoms with Crippen LogP contribution in [0.1, 0.15) is 5.56 Å². The molecular weight excluding hydrogens is 180 g/mol. The number of rotatable bonds is 3. The molecule has 1 rings (SSSR count). The zero-order valence-corrected chi connectivity index (χ0v) is 8.10. The van der Waals surface area contributed by atoms with Crippen LogP contribution in [0.5, 0.6) is 0 Å². The Morgan fingerprint density at radius 1 is 1.50 bits per heavy atom. The molecule has 0 saturated heterocycles. The first-order chi connectivity index (χ1) is 6.66. The maximum Gasteiger partial charge on any atom is 0.319 e. The summed E-state index contributed by atoms with van der Waals surface area (Å²) in [5.74, 6) is 0. The van der Waals surface area contributed by atoms with Crippen LogP contribution in [-0.4, -0.2) is 24.3 Å². The Morgan fingerprint density at radius 2 is 2.14 bits per heavy atom. The van der Waals surface area contributed by atoms with Crippen LogP contribution in [0.15, 0.2) is 24.3 Å². The topological polar surface area (TPSA) is 66.6 Å². The predicted octanol–water partition coefficient (Wildman–Crippen LogP) is 0.872.